The normalized spacial score (nSPS) is 21.0. The van der Waals surface area contributed by atoms with Crippen molar-refractivity contribution < 1.29 is 26.3 Å². The maximum Gasteiger partial charge on any atom is 0.416 e. The Morgan fingerprint density at radius 3 is 2.15 bits per heavy atom. The van der Waals surface area contributed by atoms with E-state index in [0.717, 1.165) is 6.07 Å². The van der Waals surface area contributed by atoms with Crippen LogP contribution in [0, 0.1) is 0 Å². The molecule has 20 heavy (non-hydrogen) atoms. The van der Waals surface area contributed by atoms with Gasteiger partial charge in [-0.25, -0.2) is 0 Å². The van der Waals surface area contributed by atoms with Crippen molar-refractivity contribution in [3.63, 3.8) is 0 Å². The molecule has 1 aromatic carbocycles. The highest BCUT2D eigenvalue weighted by molar-refractivity contribution is 5.38. The van der Waals surface area contributed by atoms with Gasteiger partial charge in [-0.05, 0) is 17.7 Å². The molecular formula is C12H12F6N2. The molecule has 1 aliphatic rings. The summed E-state index contributed by atoms with van der Waals surface area (Å²) < 4.78 is 76.5. The molecule has 2 nitrogen and oxygen atoms in total. The molecule has 0 radical (unpaired) electrons. The fraction of sp³-hybridized carbons (Fsp3) is 0.500. The SMILES string of the molecule is FC(F)(F)c1ccc(C2CNCCN2)c(C(F)(F)F)c1. The van der Waals surface area contributed by atoms with Crippen molar-refractivity contribution >= 4 is 0 Å². The van der Waals surface area contributed by atoms with E-state index in [1.807, 2.05) is 0 Å². The molecule has 1 heterocycles. The van der Waals surface area contributed by atoms with E-state index in [4.69, 9.17) is 0 Å². The summed E-state index contributed by atoms with van der Waals surface area (Å²) in [7, 11) is 0. The predicted molar refractivity (Wildman–Crippen MR) is 60.1 cm³/mol. The molecule has 2 N–H and O–H groups in total. The zero-order valence-electron chi connectivity index (χ0n) is 10.2. The molecule has 2 rings (SSSR count). The molecule has 1 unspecified atom stereocenters. The van der Waals surface area contributed by atoms with Gasteiger partial charge in [0.1, 0.15) is 0 Å². The molecule has 0 saturated carbocycles. The summed E-state index contributed by atoms with van der Waals surface area (Å²) in [5.74, 6) is 0. The van der Waals surface area contributed by atoms with Crippen LogP contribution in [0.25, 0.3) is 0 Å². The lowest BCUT2D eigenvalue weighted by Gasteiger charge is -2.27. The number of hydrogen-bond acceptors (Lipinski definition) is 2. The van der Waals surface area contributed by atoms with Crippen LogP contribution in [0.5, 0.6) is 0 Å². The second kappa shape index (κ2) is 5.25. The zero-order valence-corrected chi connectivity index (χ0v) is 10.2. The number of hydrogen-bond donors (Lipinski definition) is 2. The Bertz CT molecular complexity index is 474. The van der Waals surface area contributed by atoms with Crippen LogP contribution < -0.4 is 10.6 Å². The third-order valence-electron chi connectivity index (χ3n) is 3.10. The summed E-state index contributed by atoms with van der Waals surface area (Å²) in [6.45, 7) is 1.32. The quantitative estimate of drug-likeness (QED) is 0.779. The summed E-state index contributed by atoms with van der Waals surface area (Å²) in [6, 6.07) is 1.10. The zero-order chi connectivity index (χ0) is 15.0. The highest BCUT2D eigenvalue weighted by Gasteiger charge is 2.39. The highest BCUT2D eigenvalue weighted by atomic mass is 19.4. The van der Waals surface area contributed by atoms with E-state index in [1.54, 1.807) is 0 Å². The van der Waals surface area contributed by atoms with Crippen LogP contribution in [-0.2, 0) is 12.4 Å². The summed E-state index contributed by atoms with van der Waals surface area (Å²) in [5, 5.41) is 5.77. The molecular weight excluding hydrogens is 286 g/mol. The standard InChI is InChI=1S/C12H12F6N2/c13-11(14,15)7-1-2-8(9(5-7)12(16,17)18)10-6-19-3-4-20-10/h1-2,5,10,19-20H,3-4,6H2. The number of halogens is 6. The van der Waals surface area contributed by atoms with Crippen molar-refractivity contribution in [1.82, 2.24) is 10.6 Å². The van der Waals surface area contributed by atoms with E-state index in [0.29, 0.717) is 19.2 Å². The van der Waals surface area contributed by atoms with Crippen LogP contribution in [0.3, 0.4) is 0 Å². The van der Waals surface area contributed by atoms with Gasteiger partial charge < -0.3 is 10.6 Å². The van der Waals surface area contributed by atoms with Crippen molar-refractivity contribution in [1.29, 1.82) is 0 Å². The van der Waals surface area contributed by atoms with Crippen LogP contribution in [0.2, 0.25) is 0 Å². The van der Waals surface area contributed by atoms with Crippen molar-refractivity contribution in [3.05, 3.63) is 34.9 Å². The number of rotatable bonds is 1. The van der Waals surface area contributed by atoms with Crippen molar-refractivity contribution in [3.8, 4) is 0 Å². The first kappa shape index (κ1) is 15.1. The first-order chi connectivity index (χ1) is 9.19. The summed E-state index contributed by atoms with van der Waals surface area (Å²) in [6.07, 6.45) is -9.62. The molecule has 1 atom stereocenters. The lowest BCUT2D eigenvalue weighted by molar-refractivity contribution is -0.143. The van der Waals surface area contributed by atoms with Gasteiger partial charge in [0.2, 0.25) is 0 Å². The van der Waals surface area contributed by atoms with Crippen molar-refractivity contribution in [2.45, 2.75) is 18.4 Å². The molecule has 8 heteroatoms. The molecule has 0 spiro atoms. The minimum atomic E-state index is -4.82. The minimum Gasteiger partial charge on any atom is -0.314 e. The van der Waals surface area contributed by atoms with Crippen LogP contribution in [-0.4, -0.2) is 19.6 Å². The first-order valence-corrected chi connectivity index (χ1v) is 5.92. The largest absolute Gasteiger partial charge is 0.416 e. The van der Waals surface area contributed by atoms with Gasteiger partial charge in [-0.3, -0.25) is 0 Å². The van der Waals surface area contributed by atoms with Gasteiger partial charge >= 0.3 is 12.4 Å². The molecule has 1 aromatic rings. The highest BCUT2D eigenvalue weighted by Crippen LogP contribution is 2.39. The van der Waals surface area contributed by atoms with E-state index >= 15 is 0 Å². The first-order valence-electron chi connectivity index (χ1n) is 5.92. The molecule has 1 aliphatic heterocycles. The third-order valence-corrected chi connectivity index (χ3v) is 3.10. The summed E-state index contributed by atoms with van der Waals surface area (Å²) >= 11 is 0. The second-order valence-corrected chi connectivity index (χ2v) is 4.51. The average molecular weight is 298 g/mol. The number of benzene rings is 1. The van der Waals surface area contributed by atoms with E-state index < -0.39 is 29.5 Å². The van der Waals surface area contributed by atoms with E-state index in [9.17, 15) is 26.3 Å². The van der Waals surface area contributed by atoms with Gasteiger partial charge in [-0.2, -0.15) is 26.3 Å². The molecule has 0 aliphatic carbocycles. The molecule has 112 valence electrons. The lowest BCUT2D eigenvalue weighted by atomic mass is 9.96. The minimum absolute atomic E-state index is 0.169. The fourth-order valence-electron chi connectivity index (χ4n) is 2.16. The summed E-state index contributed by atoms with van der Waals surface area (Å²) in [5.41, 5.74) is -2.71. The van der Waals surface area contributed by atoms with E-state index in [2.05, 4.69) is 10.6 Å². The molecule has 1 fully saturated rings. The molecule has 1 saturated heterocycles. The van der Waals surface area contributed by atoms with Gasteiger partial charge in [0.25, 0.3) is 0 Å². The van der Waals surface area contributed by atoms with Gasteiger partial charge in [0, 0.05) is 25.7 Å². The van der Waals surface area contributed by atoms with E-state index in [1.165, 1.54) is 0 Å². The van der Waals surface area contributed by atoms with Gasteiger partial charge in [-0.15, -0.1) is 0 Å². The summed E-state index contributed by atoms with van der Waals surface area (Å²) in [4.78, 5) is 0. The predicted octanol–water partition coefficient (Wildman–Crippen LogP) is 2.96. The van der Waals surface area contributed by atoms with Crippen LogP contribution >= 0.6 is 0 Å². The Kier molecular flexibility index (Phi) is 3.97. The Labute approximate surface area is 111 Å². The van der Waals surface area contributed by atoms with Gasteiger partial charge in [0.05, 0.1) is 11.1 Å². The second-order valence-electron chi connectivity index (χ2n) is 4.51. The smallest absolute Gasteiger partial charge is 0.314 e. The number of piperazine rings is 1. The number of alkyl halides is 6. The monoisotopic (exact) mass is 298 g/mol. The Hall–Kier alpha value is -1.28. The Balaban J connectivity index is 2.45. The van der Waals surface area contributed by atoms with Gasteiger partial charge in [-0.1, -0.05) is 6.07 Å². The fourth-order valence-corrected chi connectivity index (χ4v) is 2.16. The van der Waals surface area contributed by atoms with Crippen LogP contribution in [0.4, 0.5) is 26.3 Å². The lowest BCUT2D eigenvalue weighted by Crippen LogP contribution is -2.43. The van der Waals surface area contributed by atoms with Crippen LogP contribution in [0.15, 0.2) is 18.2 Å². The maximum absolute atomic E-state index is 13.0. The molecule has 0 bridgehead atoms. The van der Waals surface area contributed by atoms with Crippen LogP contribution in [0.1, 0.15) is 22.7 Å². The van der Waals surface area contributed by atoms with E-state index in [-0.39, 0.29) is 18.2 Å². The number of nitrogens with one attached hydrogen (secondary N) is 2. The maximum atomic E-state index is 13.0. The Morgan fingerprint density at radius 1 is 0.950 bits per heavy atom. The Morgan fingerprint density at radius 2 is 1.65 bits per heavy atom. The van der Waals surface area contributed by atoms with Crippen molar-refractivity contribution in [2.24, 2.45) is 0 Å². The third kappa shape index (κ3) is 3.24. The average Bonchev–Trinajstić information content (AvgIpc) is 2.37. The van der Waals surface area contributed by atoms with Gasteiger partial charge in [0.15, 0.2) is 0 Å². The van der Waals surface area contributed by atoms with Crippen molar-refractivity contribution in [2.75, 3.05) is 19.6 Å². The topological polar surface area (TPSA) is 24.1 Å². The molecule has 0 aromatic heterocycles. The molecule has 0 amide bonds.